The van der Waals surface area contributed by atoms with Gasteiger partial charge in [0.25, 0.3) is 0 Å². The summed E-state index contributed by atoms with van der Waals surface area (Å²) in [4.78, 5) is 11.6. The van der Waals surface area contributed by atoms with Crippen LogP contribution in [0.25, 0.3) is 0 Å². The normalized spacial score (nSPS) is 12.0. The maximum Gasteiger partial charge on any atom is 0.319 e. The van der Waals surface area contributed by atoms with Gasteiger partial charge < -0.3 is 4.74 Å². The Labute approximate surface area is 181 Å². The van der Waals surface area contributed by atoms with E-state index in [-0.39, 0.29) is 22.4 Å². The van der Waals surface area contributed by atoms with Gasteiger partial charge in [0.1, 0.15) is 23.1 Å². The van der Waals surface area contributed by atoms with Gasteiger partial charge in [-0.25, -0.2) is 8.78 Å². The highest BCUT2D eigenvalue weighted by atomic mass is 79.9. The van der Waals surface area contributed by atoms with Crippen molar-refractivity contribution >= 4 is 45.4 Å². The van der Waals surface area contributed by atoms with Crippen LogP contribution in [0.3, 0.4) is 0 Å². The molecule has 0 spiro atoms. The minimum absolute atomic E-state index is 0.176. The van der Waals surface area contributed by atoms with Crippen molar-refractivity contribution in [3.63, 3.8) is 0 Å². The van der Waals surface area contributed by atoms with E-state index in [2.05, 4.69) is 15.9 Å². The van der Waals surface area contributed by atoms with E-state index in [1.807, 2.05) is 12.1 Å². The minimum Gasteiger partial charge on any atom is -0.464 e. The Kier molecular flexibility index (Phi) is 11.0. The van der Waals surface area contributed by atoms with Gasteiger partial charge in [-0.05, 0) is 41.9 Å². The SMILES string of the molecule is O=C(OCCSCc1ccccc1F)C(Br)CCCSCc1ccccc1F. The van der Waals surface area contributed by atoms with Crippen molar-refractivity contribution in [1.82, 2.24) is 0 Å². The summed E-state index contributed by atoms with van der Waals surface area (Å²) in [6.45, 7) is 0.308. The van der Waals surface area contributed by atoms with Gasteiger partial charge in [-0.1, -0.05) is 52.3 Å². The van der Waals surface area contributed by atoms with E-state index < -0.39 is 0 Å². The number of hydrogen-bond donors (Lipinski definition) is 0. The van der Waals surface area contributed by atoms with Gasteiger partial charge in [0.15, 0.2) is 0 Å². The smallest absolute Gasteiger partial charge is 0.319 e. The van der Waals surface area contributed by atoms with E-state index in [0.717, 1.165) is 12.2 Å². The minimum atomic E-state index is -0.335. The van der Waals surface area contributed by atoms with E-state index in [1.54, 1.807) is 36.0 Å². The van der Waals surface area contributed by atoms with Gasteiger partial charge >= 0.3 is 5.97 Å². The van der Waals surface area contributed by atoms with Crippen LogP contribution in [0, 0.1) is 11.6 Å². The van der Waals surface area contributed by atoms with Crippen molar-refractivity contribution < 1.29 is 18.3 Å². The lowest BCUT2D eigenvalue weighted by atomic mass is 10.2. The Hall–Kier alpha value is -1.05. The summed E-state index contributed by atoms with van der Waals surface area (Å²) in [5.41, 5.74) is 1.36. The zero-order valence-corrected chi connectivity index (χ0v) is 18.6. The average molecular weight is 489 g/mol. The topological polar surface area (TPSA) is 26.3 Å². The predicted molar refractivity (Wildman–Crippen MR) is 118 cm³/mol. The van der Waals surface area contributed by atoms with Crippen molar-refractivity contribution in [2.24, 2.45) is 0 Å². The molecule has 2 rings (SSSR count). The second-order valence-electron chi connectivity index (χ2n) is 6.07. The molecule has 0 aliphatic heterocycles. The highest BCUT2D eigenvalue weighted by Crippen LogP contribution is 2.19. The Morgan fingerprint density at radius 2 is 1.46 bits per heavy atom. The Bertz CT molecular complexity index is 746. The molecule has 2 aromatic carbocycles. The number of carbonyl (C=O) groups is 1. The molecule has 2 nitrogen and oxygen atoms in total. The predicted octanol–water partition coefficient (Wildman–Crippen LogP) is 6.22. The third-order valence-corrected chi connectivity index (χ3v) is 6.80. The second kappa shape index (κ2) is 13.2. The van der Waals surface area contributed by atoms with Gasteiger partial charge in [-0.3, -0.25) is 4.79 Å². The molecule has 1 atom stereocenters. The third-order valence-electron chi connectivity index (χ3n) is 3.90. The number of thioether (sulfide) groups is 2. The molecular formula is C21H23BrF2O2S2. The number of halogens is 3. The number of benzene rings is 2. The van der Waals surface area contributed by atoms with E-state index >= 15 is 0 Å². The number of esters is 1. The van der Waals surface area contributed by atoms with Crippen LogP contribution < -0.4 is 0 Å². The lowest BCUT2D eigenvalue weighted by Crippen LogP contribution is -2.19. The molecule has 0 aliphatic rings. The molecule has 0 heterocycles. The molecule has 2 aromatic rings. The first-order valence-electron chi connectivity index (χ1n) is 9.01. The summed E-state index contributed by atoms with van der Waals surface area (Å²) in [7, 11) is 0. The number of carbonyl (C=O) groups excluding carboxylic acids is 1. The summed E-state index contributed by atoms with van der Waals surface area (Å²) < 4.78 is 32.3. The molecule has 0 bridgehead atoms. The molecule has 1 unspecified atom stereocenters. The fourth-order valence-corrected chi connectivity index (χ4v) is 4.59. The molecule has 0 saturated carbocycles. The fourth-order valence-electron chi connectivity index (χ4n) is 2.37. The first-order valence-corrected chi connectivity index (χ1v) is 12.2. The van der Waals surface area contributed by atoms with Gasteiger partial charge in [0.05, 0.1) is 0 Å². The molecular weight excluding hydrogens is 466 g/mol. The van der Waals surface area contributed by atoms with E-state index in [0.29, 0.717) is 41.4 Å². The van der Waals surface area contributed by atoms with Crippen molar-refractivity contribution in [3.05, 3.63) is 71.3 Å². The van der Waals surface area contributed by atoms with Crippen LogP contribution >= 0.6 is 39.5 Å². The van der Waals surface area contributed by atoms with Crippen LogP contribution in [0.15, 0.2) is 48.5 Å². The molecule has 28 heavy (non-hydrogen) atoms. The molecule has 0 fully saturated rings. The Morgan fingerprint density at radius 1 is 0.929 bits per heavy atom. The van der Waals surface area contributed by atoms with Crippen LogP contribution in [-0.2, 0) is 21.0 Å². The lowest BCUT2D eigenvalue weighted by molar-refractivity contribution is -0.142. The molecule has 0 radical (unpaired) electrons. The zero-order chi connectivity index (χ0) is 20.2. The zero-order valence-electron chi connectivity index (χ0n) is 15.4. The number of hydrogen-bond acceptors (Lipinski definition) is 4. The lowest BCUT2D eigenvalue weighted by Gasteiger charge is -2.10. The van der Waals surface area contributed by atoms with Crippen LogP contribution in [0.1, 0.15) is 24.0 Å². The first kappa shape index (κ1) is 23.2. The van der Waals surface area contributed by atoms with Crippen molar-refractivity contribution in [1.29, 1.82) is 0 Å². The summed E-state index contributed by atoms with van der Waals surface area (Å²) in [5, 5.41) is 0. The maximum absolute atomic E-state index is 13.5. The Balaban J connectivity index is 1.51. The first-order chi connectivity index (χ1) is 13.6. The molecule has 152 valence electrons. The van der Waals surface area contributed by atoms with Crippen molar-refractivity contribution in [3.8, 4) is 0 Å². The number of alkyl halides is 1. The third kappa shape index (κ3) is 8.53. The van der Waals surface area contributed by atoms with Crippen molar-refractivity contribution in [2.45, 2.75) is 29.2 Å². The summed E-state index contributed by atoms with van der Waals surface area (Å²) in [6, 6.07) is 13.4. The van der Waals surface area contributed by atoms with Crippen LogP contribution in [0.4, 0.5) is 8.78 Å². The van der Waals surface area contributed by atoms with Crippen molar-refractivity contribution in [2.75, 3.05) is 18.1 Å². The standard InChI is InChI=1S/C21H23BrF2O2S2/c22-18(8-5-12-27-14-16-6-1-3-9-19(16)23)21(25)26-11-13-28-15-17-7-2-4-10-20(17)24/h1-4,6-7,9-10,18H,5,8,11-15H2. The molecule has 0 aromatic heterocycles. The van der Waals surface area contributed by atoms with E-state index in [9.17, 15) is 13.6 Å². The van der Waals surface area contributed by atoms with Gasteiger partial charge in [-0.15, -0.1) is 0 Å². The van der Waals surface area contributed by atoms with Crippen LogP contribution in [0.5, 0.6) is 0 Å². The van der Waals surface area contributed by atoms with E-state index in [1.165, 1.54) is 23.9 Å². The largest absolute Gasteiger partial charge is 0.464 e. The molecule has 0 N–H and O–H groups in total. The highest BCUT2D eigenvalue weighted by Gasteiger charge is 2.15. The molecule has 0 aliphatic carbocycles. The highest BCUT2D eigenvalue weighted by molar-refractivity contribution is 9.10. The summed E-state index contributed by atoms with van der Waals surface area (Å²) in [6.07, 6.45) is 1.51. The number of rotatable bonds is 12. The maximum atomic E-state index is 13.5. The van der Waals surface area contributed by atoms with E-state index in [4.69, 9.17) is 4.74 Å². The van der Waals surface area contributed by atoms with Gasteiger partial charge in [-0.2, -0.15) is 23.5 Å². The van der Waals surface area contributed by atoms with Gasteiger partial charge in [0.2, 0.25) is 0 Å². The average Bonchev–Trinajstić information content (AvgIpc) is 2.69. The molecule has 7 heteroatoms. The summed E-state index contributed by atoms with van der Waals surface area (Å²) >= 11 is 6.55. The quantitative estimate of drug-likeness (QED) is 0.201. The van der Waals surface area contributed by atoms with Crippen LogP contribution in [0.2, 0.25) is 0 Å². The Morgan fingerprint density at radius 3 is 2.04 bits per heavy atom. The number of ether oxygens (including phenoxy) is 1. The summed E-state index contributed by atoms with van der Waals surface area (Å²) in [5.74, 6) is 2.00. The second-order valence-corrected chi connectivity index (χ2v) is 9.38. The fraction of sp³-hybridized carbons (Fsp3) is 0.381. The monoisotopic (exact) mass is 488 g/mol. The molecule has 0 amide bonds. The van der Waals surface area contributed by atoms with Crippen LogP contribution in [-0.4, -0.2) is 28.9 Å². The van der Waals surface area contributed by atoms with Gasteiger partial charge in [0, 0.05) is 17.3 Å². The molecule has 0 saturated heterocycles.